The smallest absolute Gasteiger partial charge is 0.0373 e. The van der Waals surface area contributed by atoms with E-state index >= 15 is 0 Å². The topological polar surface area (TPSA) is 52.0 Å². The SMILES string of the molecule is CC12CC3CC(C1)CC(c1c(N)cccc1N)(C3)C2. The molecule has 5 rings (SSSR count). The largest absolute Gasteiger partial charge is 0.398 e. The summed E-state index contributed by atoms with van der Waals surface area (Å²) in [6, 6.07) is 6.05. The van der Waals surface area contributed by atoms with Crippen molar-refractivity contribution in [2.45, 2.75) is 50.9 Å². The molecule has 0 aliphatic heterocycles. The molecule has 2 heteroatoms. The zero-order valence-electron chi connectivity index (χ0n) is 11.8. The highest BCUT2D eigenvalue weighted by molar-refractivity contribution is 5.65. The molecular weight excluding hydrogens is 232 g/mol. The summed E-state index contributed by atoms with van der Waals surface area (Å²) in [4.78, 5) is 0. The standard InChI is InChI=1S/C17H24N2/c1-16-6-11-5-12(7-16)9-17(8-11,10-16)15-13(18)3-2-4-14(15)19/h2-4,11-12H,5-10,18-19H2,1H3. The Labute approximate surface area is 115 Å². The van der Waals surface area contributed by atoms with Crippen LogP contribution in [0.4, 0.5) is 11.4 Å². The van der Waals surface area contributed by atoms with Gasteiger partial charge in [0.25, 0.3) is 0 Å². The van der Waals surface area contributed by atoms with Gasteiger partial charge < -0.3 is 11.5 Å². The van der Waals surface area contributed by atoms with E-state index in [1.54, 1.807) is 0 Å². The van der Waals surface area contributed by atoms with Gasteiger partial charge in [0.15, 0.2) is 0 Å². The first-order valence-corrected chi connectivity index (χ1v) is 7.64. The zero-order chi connectivity index (χ0) is 13.3. The lowest BCUT2D eigenvalue weighted by Gasteiger charge is -2.62. The van der Waals surface area contributed by atoms with E-state index in [0.29, 0.717) is 5.41 Å². The maximum atomic E-state index is 6.31. The van der Waals surface area contributed by atoms with Crippen LogP contribution in [-0.2, 0) is 5.41 Å². The summed E-state index contributed by atoms with van der Waals surface area (Å²) in [6.45, 7) is 2.49. The van der Waals surface area contributed by atoms with Crippen LogP contribution >= 0.6 is 0 Å². The Hall–Kier alpha value is -1.18. The molecule has 0 aromatic heterocycles. The van der Waals surface area contributed by atoms with E-state index in [1.807, 2.05) is 18.2 Å². The molecule has 4 aliphatic rings. The highest BCUT2D eigenvalue weighted by atomic mass is 14.7. The zero-order valence-corrected chi connectivity index (χ0v) is 11.8. The highest BCUT2D eigenvalue weighted by Gasteiger charge is 2.57. The van der Waals surface area contributed by atoms with Crippen LogP contribution in [0.25, 0.3) is 0 Å². The van der Waals surface area contributed by atoms with E-state index < -0.39 is 0 Å². The molecule has 4 fully saturated rings. The quantitative estimate of drug-likeness (QED) is 0.753. The van der Waals surface area contributed by atoms with Crippen LogP contribution in [-0.4, -0.2) is 0 Å². The molecule has 2 nitrogen and oxygen atoms in total. The van der Waals surface area contributed by atoms with Gasteiger partial charge >= 0.3 is 0 Å². The average Bonchev–Trinajstić information content (AvgIpc) is 2.24. The monoisotopic (exact) mass is 256 g/mol. The second kappa shape index (κ2) is 3.47. The highest BCUT2D eigenvalue weighted by Crippen LogP contribution is 2.66. The number of nitrogens with two attached hydrogens (primary N) is 2. The lowest BCUT2D eigenvalue weighted by atomic mass is 9.43. The second-order valence-electron chi connectivity index (χ2n) is 7.86. The van der Waals surface area contributed by atoms with Crippen LogP contribution in [0, 0.1) is 17.3 Å². The lowest BCUT2D eigenvalue weighted by molar-refractivity contribution is -0.0610. The van der Waals surface area contributed by atoms with Crippen molar-refractivity contribution in [2.24, 2.45) is 17.3 Å². The third-order valence-electron chi connectivity index (χ3n) is 6.01. The molecule has 2 unspecified atom stereocenters. The molecule has 0 spiro atoms. The van der Waals surface area contributed by atoms with Gasteiger partial charge in [-0.2, -0.15) is 0 Å². The summed E-state index contributed by atoms with van der Waals surface area (Å²) in [5.74, 6) is 1.82. The van der Waals surface area contributed by atoms with Crippen LogP contribution in [0.15, 0.2) is 18.2 Å². The van der Waals surface area contributed by atoms with E-state index in [4.69, 9.17) is 11.5 Å². The van der Waals surface area contributed by atoms with Crippen LogP contribution in [0.1, 0.15) is 51.0 Å². The van der Waals surface area contributed by atoms with E-state index in [2.05, 4.69) is 6.92 Å². The summed E-state index contributed by atoms with van der Waals surface area (Å²) in [7, 11) is 0. The van der Waals surface area contributed by atoms with E-state index in [1.165, 1.54) is 44.1 Å². The third kappa shape index (κ3) is 1.55. The molecule has 1 aromatic carbocycles. The number of nitrogen functional groups attached to an aromatic ring is 2. The summed E-state index contributed by atoms with van der Waals surface area (Å²) < 4.78 is 0. The molecule has 19 heavy (non-hydrogen) atoms. The number of anilines is 2. The maximum absolute atomic E-state index is 6.31. The molecule has 4 saturated carbocycles. The van der Waals surface area contributed by atoms with Crippen molar-refractivity contribution in [3.63, 3.8) is 0 Å². The average molecular weight is 256 g/mol. The van der Waals surface area contributed by atoms with Crippen molar-refractivity contribution >= 4 is 11.4 Å². The summed E-state index contributed by atoms with van der Waals surface area (Å²) >= 11 is 0. The Bertz CT molecular complexity index is 500. The van der Waals surface area contributed by atoms with Crippen molar-refractivity contribution in [3.8, 4) is 0 Å². The number of hydrogen-bond donors (Lipinski definition) is 2. The Morgan fingerprint density at radius 1 is 1.00 bits per heavy atom. The predicted molar refractivity (Wildman–Crippen MR) is 79.7 cm³/mol. The number of hydrogen-bond acceptors (Lipinski definition) is 2. The molecular formula is C17H24N2. The van der Waals surface area contributed by atoms with Gasteiger partial charge in [0.2, 0.25) is 0 Å². The van der Waals surface area contributed by atoms with Crippen LogP contribution in [0.5, 0.6) is 0 Å². The molecule has 0 amide bonds. The lowest BCUT2D eigenvalue weighted by Crippen LogP contribution is -2.53. The molecule has 0 radical (unpaired) electrons. The van der Waals surface area contributed by atoms with Crippen molar-refractivity contribution < 1.29 is 0 Å². The molecule has 0 heterocycles. The minimum Gasteiger partial charge on any atom is -0.398 e. The van der Waals surface area contributed by atoms with Crippen molar-refractivity contribution in [1.29, 1.82) is 0 Å². The van der Waals surface area contributed by atoms with Crippen LogP contribution < -0.4 is 11.5 Å². The van der Waals surface area contributed by atoms with Gasteiger partial charge in [0.05, 0.1) is 0 Å². The Balaban J connectivity index is 1.86. The Kier molecular flexibility index (Phi) is 2.13. The van der Waals surface area contributed by atoms with Crippen molar-refractivity contribution in [3.05, 3.63) is 23.8 Å². The van der Waals surface area contributed by atoms with E-state index in [9.17, 15) is 0 Å². The van der Waals surface area contributed by atoms with Gasteiger partial charge in [-0.1, -0.05) is 13.0 Å². The fourth-order valence-electron chi connectivity index (χ4n) is 6.21. The molecule has 2 atom stereocenters. The van der Waals surface area contributed by atoms with E-state index in [0.717, 1.165) is 23.2 Å². The molecule has 4 bridgehead atoms. The Morgan fingerprint density at radius 3 is 2.11 bits per heavy atom. The van der Waals surface area contributed by atoms with Crippen molar-refractivity contribution in [1.82, 2.24) is 0 Å². The molecule has 4 N–H and O–H groups in total. The van der Waals surface area contributed by atoms with Gasteiger partial charge in [-0.3, -0.25) is 0 Å². The summed E-state index contributed by atoms with van der Waals surface area (Å²) in [5.41, 5.74) is 16.6. The first kappa shape index (κ1) is 11.6. The minimum atomic E-state index is 0.286. The Morgan fingerprint density at radius 2 is 1.58 bits per heavy atom. The van der Waals surface area contributed by atoms with Gasteiger partial charge in [0, 0.05) is 22.4 Å². The van der Waals surface area contributed by atoms with Gasteiger partial charge in [-0.05, 0) is 67.9 Å². The first-order chi connectivity index (χ1) is 9.00. The number of benzene rings is 1. The van der Waals surface area contributed by atoms with Crippen molar-refractivity contribution in [2.75, 3.05) is 11.5 Å². The second-order valence-corrected chi connectivity index (χ2v) is 7.86. The normalized spacial score (nSPS) is 43.6. The maximum Gasteiger partial charge on any atom is 0.0373 e. The molecule has 102 valence electrons. The fraction of sp³-hybridized carbons (Fsp3) is 0.647. The molecule has 1 aromatic rings. The fourth-order valence-corrected chi connectivity index (χ4v) is 6.21. The third-order valence-corrected chi connectivity index (χ3v) is 6.01. The minimum absolute atomic E-state index is 0.286. The van der Waals surface area contributed by atoms with Gasteiger partial charge in [-0.25, -0.2) is 0 Å². The number of rotatable bonds is 1. The summed E-state index contributed by atoms with van der Waals surface area (Å²) in [6.07, 6.45) is 8.24. The van der Waals surface area contributed by atoms with Crippen LogP contribution in [0.2, 0.25) is 0 Å². The molecule has 4 aliphatic carbocycles. The van der Waals surface area contributed by atoms with Crippen LogP contribution in [0.3, 0.4) is 0 Å². The van der Waals surface area contributed by atoms with Gasteiger partial charge in [0.1, 0.15) is 0 Å². The first-order valence-electron chi connectivity index (χ1n) is 7.64. The molecule has 0 saturated heterocycles. The van der Waals surface area contributed by atoms with E-state index in [-0.39, 0.29) is 5.41 Å². The summed E-state index contributed by atoms with van der Waals surface area (Å²) in [5, 5.41) is 0. The van der Waals surface area contributed by atoms with Gasteiger partial charge in [-0.15, -0.1) is 0 Å². The predicted octanol–water partition coefficient (Wildman–Crippen LogP) is 3.71.